The Bertz CT molecular complexity index is 3120. The zero-order chi connectivity index (χ0) is 62.6. The minimum Gasteiger partial charge on any atom is -0.508 e. The summed E-state index contributed by atoms with van der Waals surface area (Å²) in [5.74, 6) is -8.83. The van der Waals surface area contributed by atoms with Crippen LogP contribution in [-0.2, 0) is 79.1 Å². The van der Waals surface area contributed by atoms with Gasteiger partial charge in [-0.3, -0.25) is 57.7 Å². The highest BCUT2D eigenvalue weighted by molar-refractivity contribution is 5.99. The van der Waals surface area contributed by atoms with Crippen molar-refractivity contribution in [2.75, 3.05) is 32.8 Å². The minimum atomic E-state index is -1.76. The highest BCUT2D eigenvalue weighted by atomic mass is 16.3. The van der Waals surface area contributed by atoms with E-state index in [0.29, 0.717) is 34.1 Å². The van der Waals surface area contributed by atoms with Crippen LogP contribution in [0.1, 0.15) is 75.6 Å². The molecule has 0 saturated carbocycles. The molecule has 0 radical (unpaired) electrons. The van der Waals surface area contributed by atoms with Crippen LogP contribution in [0.15, 0.2) is 72.2 Å². The molecule has 2 aliphatic heterocycles. The number of phenols is 1. The number of likely N-dealkylation sites (tertiary alicyclic amines) is 1. The van der Waals surface area contributed by atoms with Crippen molar-refractivity contribution >= 4 is 81.8 Å². The Morgan fingerprint density at radius 2 is 1.40 bits per heavy atom. The van der Waals surface area contributed by atoms with E-state index in [1.807, 2.05) is 0 Å². The van der Waals surface area contributed by atoms with Crippen LogP contribution in [0.4, 0.5) is 0 Å². The van der Waals surface area contributed by atoms with Gasteiger partial charge in [0.05, 0.1) is 26.0 Å². The Balaban J connectivity index is 1.17. The molecule has 0 unspecified atom stereocenters. The maximum absolute atomic E-state index is 14.5. The van der Waals surface area contributed by atoms with Gasteiger partial charge in [0.25, 0.3) is 0 Å². The number of amides is 11. The number of rotatable bonds is 31. The van der Waals surface area contributed by atoms with E-state index in [1.165, 1.54) is 41.7 Å². The summed E-state index contributed by atoms with van der Waals surface area (Å²) in [5.41, 5.74) is 18.4. The van der Waals surface area contributed by atoms with Gasteiger partial charge in [0.15, 0.2) is 5.96 Å². The Morgan fingerprint density at radius 1 is 0.744 bits per heavy atom. The molecule has 8 atom stereocenters. The molecule has 2 aromatic carbocycles. The van der Waals surface area contributed by atoms with Crippen molar-refractivity contribution in [2.45, 2.75) is 126 Å². The summed E-state index contributed by atoms with van der Waals surface area (Å²) in [6, 6.07) is 2.39. The number of nitrogens with zero attached hydrogens (tertiary/aromatic N) is 4. The van der Waals surface area contributed by atoms with Gasteiger partial charge in [0, 0.05) is 74.8 Å². The van der Waals surface area contributed by atoms with E-state index in [0.717, 1.165) is 0 Å². The molecule has 11 amide bonds. The van der Waals surface area contributed by atoms with Gasteiger partial charge in [-0.05, 0) is 73.8 Å². The standard InChI is InChI=1S/C56H77N17O13/c1-30(2)20-39(50(81)67-38(10-6-18-61-56(58)59)55(86)73-19-7-11-44(73)54(85)63-26-45(57)76)66-47(78)27-64-48(79)40(21-31-12-14-34(75)15-13-31)68-53(84)43(28-74)71-51(82)41(22-32-24-62-36-9-5-4-8-35(32)36)69-52(83)42(23-33-25-60-29-72(33)3)70-49(80)37-16-17-46(77)65-37/h4-5,8-9,12-15,24-25,29-30,37-44,62,74-75H,6-7,10-11,16-23,26-28H2,1-3H3,(H2,57,76)(H,63,85)(H,64,79)(H,65,77)(H,66,78)(H,67,81)(H,68,84)(H,69,83)(H,70,80)(H,71,82)(H4,58,59,61)/t37-,38-,39-,40-,41-,42-,43-,44-/m0/s1. The summed E-state index contributed by atoms with van der Waals surface area (Å²) in [7, 11) is 1.69. The molecule has 4 heterocycles. The van der Waals surface area contributed by atoms with Crippen LogP contribution in [0.2, 0.25) is 0 Å². The van der Waals surface area contributed by atoms with Crippen LogP contribution < -0.4 is 65.1 Å². The van der Waals surface area contributed by atoms with Gasteiger partial charge >= 0.3 is 0 Å². The number of imidazole rings is 1. The van der Waals surface area contributed by atoms with Crippen LogP contribution in [0.5, 0.6) is 5.75 Å². The van der Waals surface area contributed by atoms with Crippen molar-refractivity contribution in [1.29, 1.82) is 0 Å². The van der Waals surface area contributed by atoms with Gasteiger partial charge < -0.3 is 89.7 Å². The van der Waals surface area contributed by atoms with E-state index >= 15 is 0 Å². The van der Waals surface area contributed by atoms with Gasteiger partial charge in [-0.15, -0.1) is 0 Å². The molecule has 4 aromatic rings. The molecule has 2 saturated heterocycles. The van der Waals surface area contributed by atoms with Crippen molar-refractivity contribution in [1.82, 2.24) is 67.3 Å². The number of carbonyl (C=O) groups is 11. The fourth-order valence-corrected chi connectivity index (χ4v) is 9.97. The van der Waals surface area contributed by atoms with Gasteiger partial charge in [-0.25, -0.2) is 4.98 Å². The molecule has 18 N–H and O–H groups in total. The zero-order valence-electron chi connectivity index (χ0n) is 48.1. The molecule has 2 fully saturated rings. The number of aromatic nitrogens is 3. The van der Waals surface area contributed by atoms with Gasteiger partial charge in [0.2, 0.25) is 65.0 Å². The molecule has 0 aliphatic carbocycles. The van der Waals surface area contributed by atoms with E-state index in [1.54, 1.807) is 55.9 Å². The lowest BCUT2D eigenvalue weighted by atomic mass is 10.0. The summed E-state index contributed by atoms with van der Waals surface area (Å²) in [6.07, 6.45) is 5.46. The number of phenolic OH excluding ortho intramolecular Hbond substituents is 1. The van der Waals surface area contributed by atoms with Gasteiger partial charge in [-0.1, -0.05) is 44.2 Å². The van der Waals surface area contributed by atoms with Gasteiger partial charge in [0.1, 0.15) is 54.1 Å². The number of benzene rings is 2. The van der Waals surface area contributed by atoms with E-state index in [2.05, 4.69) is 62.8 Å². The maximum Gasteiger partial charge on any atom is 0.245 e. The first kappa shape index (κ1) is 65.5. The first-order chi connectivity index (χ1) is 41.0. The number of nitrogens with two attached hydrogens (primary N) is 3. The second-order valence-electron chi connectivity index (χ2n) is 21.6. The molecule has 30 nitrogen and oxygen atoms in total. The number of nitrogens with one attached hydrogen (secondary N) is 10. The topological polar surface area (TPSA) is 464 Å². The number of aromatic amines is 1. The predicted octanol–water partition coefficient (Wildman–Crippen LogP) is -4.38. The lowest BCUT2D eigenvalue weighted by molar-refractivity contribution is -0.142. The third kappa shape index (κ3) is 19.2. The largest absolute Gasteiger partial charge is 0.508 e. The number of hydrogen-bond donors (Lipinski definition) is 15. The average Bonchev–Trinajstić information content (AvgIpc) is 4.30. The number of primary amides is 1. The fourth-order valence-electron chi connectivity index (χ4n) is 9.97. The number of hydrogen-bond acceptors (Lipinski definition) is 15. The number of para-hydroxylation sites is 1. The van der Waals surface area contributed by atoms with Crippen molar-refractivity contribution in [3.63, 3.8) is 0 Å². The van der Waals surface area contributed by atoms with E-state index in [9.17, 15) is 63.0 Å². The number of aryl methyl sites for hydroxylation is 1. The van der Waals surface area contributed by atoms with Crippen LogP contribution in [0, 0.1) is 5.92 Å². The number of aliphatic imine (C=N–C) groups is 1. The van der Waals surface area contributed by atoms with Crippen LogP contribution in [0.25, 0.3) is 10.9 Å². The molecule has 30 heteroatoms. The lowest BCUT2D eigenvalue weighted by Gasteiger charge is -2.30. The zero-order valence-corrected chi connectivity index (χ0v) is 48.1. The summed E-state index contributed by atoms with van der Waals surface area (Å²) >= 11 is 0. The summed E-state index contributed by atoms with van der Waals surface area (Å²) in [4.78, 5) is 161. The molecule has 86 heavy (non-hydrogen) atoms. The predicted molar refractivity (Wildman–Crippen MR) is 310 cm³/mol. The molecule has 2 aliphatic rings. The van der Waals surface area contributed by atoms with Crippen molar-refractivity contribution in [3.05, 3.63) is 84.1 Å². The second-order valence-corrected chi connectivity index (χ2v) is 21.6. The molecule has 464 valence electrons. The Morgan fingerprint density at radius 3 is 2.03 bits per heavy atom. The van der Waals surface area contributed by atoms with Crippen molar-refractivity contribution in [3.8, 4) is 5.75 Å². The highest BCUT2D eigenvalue weighted by Crippen LogP contribution is 2.22. The molecule has 2 aromatic heterocycles. The number of carbonyl (C=O) groups excluding carboxylic acids is 11. The third-order valence-electron chi connectivity index (χ3n) is 14.4. The maximum atomic E-state index is 14.5. The first-order valence-electron chi connectivity index (χ1n) is 28.2. The Kier molecular flexibility index (Phi) is 23.9. The third-order valence-corrected chi connectivity index (χ3v) is 14.4. The number of aliphatic hydroxyl groups is 1. The SMILES string of the molecule is CC(C)C[C@H](NC(=O)CNC(=O)[C@H](Cc1ccc(O)cc1)NC(=O)[C@H](CO)NC(=O)[C@H](Cc1c[nH]c2ccccc12)NC(=O)[C@H](Cc1cncn1C)NC(=O)[C@@H]1CCC(=O)N1)C(=O)N[C@@H](CCCN=C(N)N)C(=O)N1CCC[C@H]1C(=O)NCC(N)=O. The Hall–Kier alpha value is -9.61. The average molecular weight is 1200 g/mol. The fraction of sp³-hybridized carbons (Fsp3) is 0.482. The van der Waals surface area contributed by atoms with Crippen LogP contribution in [-0.4, -0.2) is 182 Å². The quantitative estimate of drug-likeness (QED) is 0.0129. The normalized spacial score (nSPS) is 16.7. The van der Waals surface area contributed by atoms with E-state index < -0.39 is 127 Å². The number of fused-ring (bicyclic) bond motifs is 1. The smallest absolute Gasteiger partial charge is 0.245 e. The lowest BCUT2D eigenvalue weighted by Crippen LogP contribution is -2.60. The summed E-state index contributed by atoms with van der Waals surface area (Å²) in [6.45, 7) is 1.62. The van der Waals surface area contributed by atoms with Gasteiger partial charge in [-0.2, -0.15) is 0 Å². The summed E-state index contributed by atoms with van der Waals surface area (Å²) < 4.78 is 1.64. The molecule has 6 rings (SSSR count). The molecule has 0 bridgehead atoms. The molecule has 0 spiro atoms. The number of aromatic hydroxyl groups is 1. The number of aliphatic hydroxyl groups excluding tert-OH is 1. The van der Waals surface area contributed by atoms with Crippen LogP contribution >= 0.6 is 0 Å². The monoisotopic (exact) mass is 1200 g/mol. The molecular formula is C56H77N17O13. The van der Waals surface area contributed by atoms with Crippen LogP contribution in [0.3, 0.4) is 0 Å². The first-order valence-corrected chi connectivity index (χ1v) is 28.2. The van der Waals surface area contributed by atoms with Crippen molar-refractivity contribution in [2.24, 2.45) is 35.2 Å². The van der Waals surface area contributed by atoms with E-state index in [-0.39, 0.29) is 94.4 Å². The minimum absolute atomic E-state index is 0.0156. The Labute approximate surface area is 494 Å². The number of guanidine groups is 1. The number of H-pyrrole nitrogens is 1. The summed E-state index contributed by atoms with van der Waals surface area (Å²) in [5, 5.41) is 44.6. The van der Waals surface area contributed by atoms with Crippen molar-refractivity contribution < 1.29 is 63.0 Å². The highest BCUT2D eigenvalue weighted by Gasteiger charge is 2.39. The second kappa shape index (κ2) is 31.3. The van der Waals surface area contributed by atoms with E-state index in [4.69, 9.17) is 17.2 Å². The molecular weight excluding hydrogens is 1120 g/mol.